The van der Waals surface area contributed by atoms with E-state index in [1.165, 1.54) is 59.1 Å². The van der Waals surface area contributed by atoms with Crippen LogP contribution in [0.25, 0.3) is 0 Å². The van der Waals surface area contributed by atoms with Crippen LogP contribution in [0.4, 0.5) is 10.1 Å². The molecule has 2 aliphatic heterocycles. The highest BCUT2D eigenvalue weighted by molar-refractivity contribution is 8.01. The Morgan fingerprint density at radius 2 is 1.83 bits per heavy atom. The first-order valence-corrected chi connectivity index (χ1v) is 11.9. The summed E-state index contributed by atoms with van der Waals surface area (Å²) in [5.74, 6) is -2.71. The number of aliphatic carboxylic acids is 1. The third-order valence-electron chi connectivity index (χ3n) is 5.86. The highest BCUT2D eigenvalue weighted by atomic mass is 32.2. The molecule has 0 aromatic heterocycles. The fourth-order valence-corrected chi connectivity index (χ4v) is 6.05. The van der Waals surface area contributed by atoms with Crippen molar-refractivity contribution in [1.82, 2.24) is 15.5 Å². The van der Waals surface area contributed by atoms with Gasteiger partial charge in [0.2, 0.25) is 11.8 Å². The molecule has 9 nitrogen and oxygen atoms in total. The number of nitrogens with zero attached hydrogens (tertiary/aromatic N) is 1. The van der Waals surface area contributed by atoms with Gasteiger partial charge in [-0.05, 0) is 55.9 Å². The first kappa shape index (κ1) is 24.7. The number of hydrogen-bond acceptors (Lipinski definition) is 6. The van der Waals surface area contributed by atoms with Gasteiger partial charge in [-0.3, -0.25) is 9.59 Å². The largest absolute Gasteiger partial charge is 0.508 e. The zero-order valence-corrected chi connectivity index (χ0v) is 20.3. The number of carboxylic acids is 1. The van der Waals surface area contributed by atoms with Gasteiger partial charge in [-0.15, -0.1) is 11.8 Å². The van der Waals surface area contributed by atoms with Crippen LogP contribution >= 0.6 is 24.0 Å². The zero-order chi connectivity index (χ0) is 25.5. The number of hydrogen-bond donors (Lipinski definition) is 5. The third kappa shape index (κ3) is 4.76. The van der Waals surface area contributed by atoms with Crippen molar-refractivity contribution in [2.45, 2.75) is 42.1 Å². The van der Waals surface area contributed by atoms with Gasteiger partial charge in [-0.1, -0.05) is 24.3 Å². The Hall–Kier alpha value is -3.38. The Morgan fingerprint density at radius 3 is 2.46 bits per heavy atom. The first-order chi connectivity index (χ1) is 16.5. The Morgan fingerprint density at radius 1 is 1.17 bits per heavy atom. The number of amides is 2. The molecule has 0 spiro atoms. The second kappa shape index (κ2) is 9.34. The van der Waals surface area contributed by atoms with Gasteiger partial charge in [0.15, 0.2) is 5.11 Å². The number of carbonyl (C=O) groups excluding carboxylic acids is 2. The average molecular weight is 519 g/mol. The maximum absolute atomic E-state index is 14.0. The molecule has 5 N–H and O–H groups in total. The molecule has 12 heteroatoms. The summed E-state index contributed by atoms with van der Waals surface area (Å²) in [6.45, 7) is 3.49. The number of rotatable bonds is 6. The van der Waals surface area contributed by atoms with E-state index in [2.05, 4.69) is 16.0 Å². The molecule has 2 aromatic carbocycles. The predicted octanol–water partition coefficient (Wildman–Crippen LogP) is 2.19. The summed E-state index contributed by atoms with van der Waals surface area (Å²) in [6.07, 6.45) is 0. The lowest BCUT2D eigenvalue weighted by Crippen LogP contribution is -2.71. The van der Waals surface area contributed by atoms with E-state index in [0.29, 0.717) is 5.56 Å². The van der Waals surface area contributed by atoms with Crippen molar-refractivity contribution in [1.29, 1.82) is 0 Å². The summed E-state index contributed by atoms with van der Waals surface area (Å²) in [5, 5.41) is 26.9. The minimum absolute atomic E-state index is 0.00548. The monoisotopic (exact) mass is 518 g/mol. The maximum atomic E-state index is 14.0. The van der Waals surface area contributed by atoms with Crippen molar-refractivity contribution in [2.24, 2.45) is 0 Å². The standard InChI is InChI=1S/C23H23FN4O5S2/c1-23(2)17(21(32)33)28-19(31)16(20(28)35-23)26-18(30)15(11-7-9-12(29)10-8-11)27-22(34)25-14-6-4-3-5-13(14)24/h3-10,15-17,20,29H,1-2H3,(H,26,30)(H,32,33)(H2,25,27,34)/t15?,16-,17?,20?/m1/s1. The first-order valence-electron chi connectivity index (χ1n) is 10.6. The highest BCUT2D eigenvalue weighted by Crippen LogP contribution is 2.50. The normalized spacial score (nSPS) is 23.0. The number of thiocarbonyl (C=S) groups is 1. The summed E-state index contributed by atoms with van der Waals surface area (Å²) >= 11 is 6.59. The summed E-state index contributed by atoms with van der Waals surface area (Å²) in [7, 11) is 0. The summed E-state index contributed by atoms with van der Waals surface area (Å²) in [4.78, 5) is 39.1. The molecule has 0 bridgehead atoms. The molecule has 4 atom stereocenters. The number of fused-ring (bicyclic) bond motifs is 1. The van der Waals surface area contributed by atoms with E-state index in [9.17, 15) is 29.0 Å². The SMILES string of the molecule is CC1(C)SC2[C@H](NC(=O)C(NC(=S)Nc3ccccc3F)c3ccc(O)cc3)C(=O)N2C1C(=O)O. The molecule has 2 saturated heterocycles. The molecule has 184 valence electrons. The molecular weight excluding hydrogens is 495 g/mol. The van der Waals surface area contributed by atoms with Crippen molar-refractivity contribution in [3.8, 4) is 5.75 Å². The lowest BCUT2D eigenvalue weighted by molar-refractivity contribution is -0.161. The van der Waals surface area contributed by atoms with Crippen LogP contribution in [-0.2, 0) is 14.4 Å². The number of phenolic OH excluding ortho intramolecular Hbond substituents is 1. The summed E-state index contributed by atoms with van der Waals surface area (Å²) in [5.41, 5.74) is 0.549. The second-order valence-electron chi connectivity index (χ2n) is 8.69. The number of halogens is 1. The second-order valence-corrected chi connectivity index (χ2v) is 10.9. The van der Waals surface area contributed by atoms with Gasteiger partial charge in [0.1, 0.15) is 35.1 Å². The Labute approximate surface area is 210 Å². The van der Waals surface area contributed by atoms with Crippen molar-refractivity contribution in [3.63, 3.8) is 0 Å². The molecule has 2 heterocycles. The van der Waals surface area contributed by atoms with Crippen LogP contribution in [0.2, 0.25) is 0 Å². The number of phenols is 1. The van der Waals surface area contributed by atoms with Crippen LogP contribution < -0.4 is 16.0 Å². The number of carbonyl (C=O) groups is 3. The lowest BCUT2D eigenvalue weighted by atomic mass is 9.95. The van der Waals surface area contributed by atoms with Crippen molar-refractivity contribution >= 4 is 52.6 Å². The molecular formula is C23H23FN4O5S2. The van der Waals surface area contributed by atoms with Gasteiger partial charge < -0.3 is 31.1 Å². The van der Waals surface area contributed by atoms with E-state index in [-0.39, 0.29) is 16.5 Å². The van der Waals surface area contributed by atoms with Crippen LogP contribution in [0.5, 0.6) is 5.75 Å². The quantitative estimate of drug-likeness (QED) is 0.288. The van der Waals surface area contributed by atoms with E-state index >= 15 is 0 Å². The van der Waals surface area contributed by atoms with E-state index in [4.69, 9.17) is 12.2 Å². The van der Waals surface area contributed by atoms with Crippen molar-refractivity contribution in [3.05, 3.63) is 59.9 Å². The number of para-hydroxylation sites is 1. The lowest BCUT2D eigenvalue weighted by Gasteiger charge is -2.44. The number of carboxylic acid groups (broad SMARTS) is 1. The van der Waals surface area contributed by atoms with Gasteiger partial charge in [0.25, 0.3) is 0 Å². The molecule has 2 aromatic rings. The molecule has 35 heavy (non-hydrogen) atoms. The maximum Gasteiger partial charge on any atom is 0.327 e. The van der Waals surface area contributed by atoms with Gasteiger partial charge in [-0.2, -0.15) is 0 Å². The van der Waals surface area contributed by atoms with Crippen LogP contribution in [0.15, 0.2) is 48.5 Å². The van der Waals surface area contributed by atoms with Crippen LogP contribution in [0, 0.1) is 5.82 Å². The average Bonchev–Trinajstić information content (AvgIpc) is 3.06. The minimum atomic E-state index is -1.10. The van der Waals surface area contributed by atoms with Gasteiger partial charge in [-0.25, -0.2) is 9.18 Å². The van der Waals surface area contributed by atoms with E-state index < -0.39 is 51.8 Å². The number of nitrogens with one attached hydrogen (secondary N) is 3. The molecule has 0 saturated carbocycles. The number of β-lactam (4-membered cyclic amide) rings is 1. The van der Waals surface area contributed by atoms with Crippen LogP contribution in [0.1, 0.15) is 25.5 Å². The fraction of sp³-hybridized carbons (Fsp3) is 0.304. The van der Waals surface area contributed by atoms with Crippen molar-refractivity contribution < 1.29 is 29.0 Å². The highest BCUT2D eigenvalue weighted by Gasteiger charge is 2.64. The molecule has 2 aliphatic rings. The topological polar surface area (TPSA) is 131 Å². The fourth-order valence-electron chi connectivity index (χ4n) is 4.20. The van der Waals surface area contributed by atoms with Crippen LogP contribution in [-0.4, -0.2) is 60.2 Å². The predicted molar refractivity (Wildman–Crippen MR) is 132 cm³/mol. The molecule has 4 rings (SSSR count). The van der Waals surface area contributed by atoms with E-state index in [1.54, 1.807) is 19.9 Å². The van der Waals surface area contributed by atoms with E-state index in [0.717, 1.165) is 0 Å². The summed E-state index contributed by atoms with van der Waals surface area (Å²) < 4.78 is 13.3. The Kier molecular flexibility index (Phi) is 6.60. The Bertz CT molecular complexity index is 1190. The van der Waals surface area contributed by atoms with Gasteiger partial charge >= 0.3 is 5.97 Å². The Balaban J connectivity index is 1.52. The molecule has 2 amide bonds. The number of anilines is 1. The van der Waals surface area contributed by atoms with Crippen molar-refractivity contribution in [2.75, 3.05) is 5.32 Å². The van der Waals surface area contributed by atoms with Gasteiger partial charge in [0.05, 0.1) is 5.69 Å². The molecule has 3 unspecified atom stereocenters. The smallest absolute Gasteiger partial charge is 0.327 e. The number of aromatic hydroxyl groups is 1. The number of benzene rings is 2. The summed E-state index contributed by atoms with van der Waals surface area (Å²) in [6, 6.07) is 8.72. The minimum Gasteiger partial charge on any atom is -0.508 e. The van der Waals surface area contributed by atoms with E-state index in [1.807, 2.05) is 0 Å². The molecule has 0 aliphatic carbocycles. The molecule has 0 radical (unpaired) electrons. The van der Waals surface area contributed by atoms with Gasteiger partial charge in [0, 0.05) is 4.75 Å². The third-order valence-corrected chi connectivity index (χ3v) is 7.65. The number of thioether (sulfide) groups is 1. The zero-order valence-electron chi connectivity index (χ0n) is 18.7. The van der Waals surface area contributed by atoms with Crippen LogP contribution in [0.3, 0.4) is 0 Å². The molecule has 2 fully saturated rings.